The van der Waals surface area contributed by atoms with Gasteiger partial charge in [-0.25, -0.2) is 10.1 Å². The lowest BCUT2D eigenvalue weighted by Gasteiger charge is -1.93. The van der Waals surface area contributed by atoms with Crippen molar-refractivity contribution in [1.29, 1.82) is 0 Å². The maximum absolute atomic E-state index is 7.52. The van der Waals surface area contributed by atoms with E-state index in [2.05, 4.69) is 14.7 Å². The van der Waals surface area contributed by atoms with Crippen molar-refractivity contribution in [2.75, 3.05) is 20.3 Å². The van der Waals surface area contributed by atoms with E-state index in [0.717, 1.165) is 0 Å². The quantitative estimate of drug-likeness (QED) is 0.314. The maximum atomic E-state index is 7.52. The number of hydrogen-bond donors (Lipinski definition) is 1. The lowest BCUT2D eigenvalue weighted by Crippen LogP contribution is -1.99. The molecule has 1 N–H and O–H groups in total. The number of hydrogen-bond acceptors (Lipinski definition) is 4. The molecule has 0 fully saturated rings. The summed E-state index contributed by atoms with van der Waals surface area (Å²) < 4.78 is 4.53. The van der Waals surface area contributed by atoms with Crippen molar-refractivity contribution in [3.63, 3.8) is 0 Å². The van der Waals surface area contributed by atoms with Gasteiger partial charge in [-0.3, -0.25) is 0 Å². The van der Waals surface area contributed by atoms with Crippen LogP contribution in [0.25, 0.3) is 0 Å². The summed E-state index contributed by atoms with van der Waals surface area (Å²) in [6.45, 7) is 0.660. The molecule has 4 nitrogen and oxygen atoms in total. The van der Waals surface area contributed by atoms with E-state index in [1.54, 1.807) is 0 Å². The van der Waals surface area contributed by atoms with Gasteiger partial charge in [-0.05, 0) is 0 Å². The SMILES string of the molecule is COCCOOO. The molecule has 0 saturated carbocycles. The first-order chi connectivity index (χ1) is 3.41. The Labute approximate surface area is 41.5 Å². The second-order valence-corrected chi connectivity index (χ2v) is 0.889. The Kier molecular flexibility index (Phi) is 5.71. The van der Waals surface area contributed by atoms with Crippen molar-refractivity contribution < 1.29 is 19.9 Å². The van der Waals surface area contributed by atoms with Crippen molar-refractivity contribution in [2.45, 2.75) is 0 Å². The predicted octanol–water partition coefficient (Wildman–Crippen LogP) is 0.0540. The van der Waals surface area contributed by atoms with Gasteiger partial charge < -0.3 is 4.74 Å². The molecular formula is C3H8O4. The summed E-state index contributed by atoms with van der Waals surface area (Å²) in [4.78, 5) is 4.00. The standard InChI is InChI=1S/C3H8O4/c1-5-2-3-6-7-4/h4H,2-3H2,1H3. The molecule has 0 radical (unpaired) electrons. The molecule has 0 unspecified atom stereocenters. The Morgan fingerprint density at radius 3 is 2.57 bits per heavy atom. The van der Waals surface area contributed by atoms with Gasteiger partial charge in [0.15, 0.2) is 0 Å². The molecule has 7 heavy (non-hydrogen) atoms. The van der Waals surface area contributed by atoms with E-state index in [9.17, 15) is 0 Å². The topological polar surface area (TPSA) is 47.9 Å². The van der Waals surface area contributed by atoms with Crippen LogP contribution in [0.15, 0.2) is 0 Å². The Morgan fingerprint density at radius 2 is 2.14 bits per heavy atom. The van der Waals surface area contributed by atoms with Crippen molar-refractivity contribution >= 4 is 0 Å². The first kappa shape index (κ1) is 6.84. The Morgan fingerprint density at radius 1 is 1.43 bits per heavy atom. The van der Waals surface area contributed by atoms with E-state index in [4.69, 9.17) is 5.26 Å². The lowest BCUT2D eigenvalue weighted by atomic mass is 10.8. The van der Waals surface area contributed by atoms with Gasteiger partial charge in [0.25, 0.3) is 0 Å². The van der Waals surface area contributed by atoms with Crippen molar-refractivity contribution in [1.82, 2.24) is 0 Å². The van der Waals surface area contributed by atoms with Crippen molar-refractivity contribution in [2.24, 2.45) is 0 Å². The molecule has 0 aromatic heterocycles. The summed E-state index contributed by atoms with van der Waals surface area (Å²) in [5, 5.41) is 10.8. The average molecular weight is 108 g/mol. The normalized spacial score (nSPS) is 9.43. The predicted molar refractivity (Wildman–Crippen MR) is 21.5 cm³/mol. The molecule has 0 aliphatic carbocycles. The summed E-state index contributed by atoms with van der Waals surface area (Å²) in [5.41, 5.74) is 0. The summed E-state index contributed by atoms with van der Waals surface area (Å²) in [6, 6.07) is 0. The highest BCUT2D eigenvalue weighted by atomic mass is 17.5. The number of ether oxygens (including phenoxy) is 1. The van der Waals surface area contributed by atoms with Crippen LogP contribution in [0.3, 0.4) is 0 Å². The molecule has 0 aliphatic heterocycles. The van der Waals surface area contributed by atoms with Crippen LogP contribution < -0.4 is 0 Å². The monoisotopic (exact) mass is 108 g/mol. The lowest BCUT2D eigenvalue weighted by molar-refractivity contribution is -0.491. The minimum Gasteiger partial charge on any atom is -0.382 e. The van der Waals surface area contributed by atoms with Crippen LogP contribution in [-0.2, 0) is 14.7 Å². The summed E-state index contributed by atoms with van der Waals surface area (Å²) >= 11 is 0. The van der Waals surface area contributed by atoms with Gasteiger partial charge >= 0.3 is 0 Å². The van der Waals surface area contributed by atoms with Crippen LogP contribution in [0.5, 0.6) is 0 Å². The molecule has 0 aromatic rings. The molecule has 0 spiro atoms. The van der Waals surface area contributed by atoms with Crippen LogP contribution in [0.4, 0.5) is 0 Å². The van der Waals surface area contributed by atoms with Gasteiger partial charge in [0.2, 0.25) is 0 Å². The smallest absolute Gasteiger partial charge is 0.109 e. The van der Waals surface area contributed by atoms with Gasteiger partial charge in [0.05, 0.1) is 6.61 Å². The highest BCUT2D eigenvalue weighted by molar-refractivity contribution is 4.15. The number of methoxy groups -OCH3 is 1. The van der Waals surface area contributed by atoms with E-state index in [0.29, 0.717) is 6.61 Å². The summed E-state index contributed by atoms with van der Waals surface area (Å²) in [6.07, 6.45) is 0. The van der Waals surface area contributed by atoms with Crippen LogP contribution in [0.2, 0.25) is 0 Å². The molecule has 0 aromatic carbocycles. The highest BCUT2D eigenvalue weighted by Crippen LogP contribution is 1.71. The average Bonchev–Trinajstić information content (AvgIpc) is 1.69. The third kappa shape index (κ3) is 5.84. The first-order valence-corrected chi connectivity index (χ1v) is 1.83. The molecule has 0 rings (SSSR count). The van der Waals surface area contributed by atoms with Gasteiger partial charge in [-0.1, -0.05) is 5.04 Å². The number of rotatable bonds is 4. The minimum atomic E-state index is 0.243. The molecule has 0 saturated heterocycles. The van der Waals surface area contributed by atoms with E-state index in [1.807, 2.05) is 0 Å². The zero-order chi connectivity index (χ0) is 5.54. The summed E-state index contributed by atoms with van der Waals surface area (Å²) in [7, 11) is 1.53. The molecule has 0 amide bonds. The van der Waals surface area contributed by atoms with Gasteiger partial charge in [-0.2, -0.15) is 0 Å². The van der Waals surface area contributed by atoms with Crippen LogP contribution in [0.1, 0.15) is 0 Å². The summed E-state index contributed by atoms with van der Waals surface area (Å²) in [5.74, 6) is 0. The van der Waals surface area contributed by atoms with E-state index in [-0.39, 0.29) is 6.61 Å². The molecule has 4 heteroatoms. The largest absolute Gasteiger partial charge is 0.382 e. The second-order valence-electron chi connectivity index (χ2n) is 0.889. The molecular weight excluding hydrogens is 100 g/mol. The van der Waals surface area contributed by atoms with Gasteiger partial charge in [-0.15, -0.1) is 0 Å². The van der Waals surface area contributed by atoms with E-state index >= 15 is 0 Å². The Balaban J connectivity index is 2.45. The van der Waals surface area contributed by atoms with Crippen LogP contribution in [-0.4, -0.2) is 25.6 Å². The fourth-order valence-electron chi connectivity index (χ4n) is 0.155. The van der Waals surface area contributed by atoms with Gasteiger partial charge in [0.1, 0.15) is 6.61 Å². The molecule has 0 bridgehead atoms. The van der Waals surface area contributed by atoms with Crippen LogP contribution in [0, 0.1) is 0 Å². The van der Waals surface area contributed by atoms with E-state index < -0.39 is 0 Å². The van der Waals surface area contributed by atoms with Crippen LogP contribution >= 0.6 is 0 Å². The maximum Gasteiger partial charge on any atom is 0.109 e. The second kappa shape index (κ2) is 5.84. The van der Waals surface area contributed by atoms with E-state index in [1.165, 1.54) is 7.11 Å². The van der Waals surface area contributed by atoms with Crippen molar-refractivity contribution in [3.8, 4) is 0 Å². The minimum absolute atomic E-state index is 0.243. The molecule has 44 valence electrons. The zero-order valence-electron chi connectivity index (χ0n) is 4.09. The highest BCUT2D eigenvalue weighted by Gasteiger charge is 1.80. The van der Waals surface area contributed by atoms with Crippen molar-refractivity contribution in [3.05, 3.63) is 0 Å². The third-order valence-corrected chi connectivity index (χ3v) is 0.423. The fraction of sp³-hybridized carbons (Fsp3) is 1.00. The Hall–Kier alpha value is -0.160. The zero-order valence-corrected chi connectivity index (χ0v) is 4.09. The first-order valence-electron chi connectivity index (χ1n) is 1.83. The fourth-order valence-corrected chi connectivity index (χ4v) is 0.155. The Bertz CT molecular complexity index is 26.1. The molecule has 0 heterocycles. The molecule has 0 atom stereocenters. The van der Waals surface area contributed by atoms with Gasteiger partial charge in [0, 0.05) is 7.11 Å². The molecule has 0 aliphatic rings. The third-order valence-electron chi connectivity index (χ3n) is 0.423.